The minimum atomic E-state index is -0.210. The van der Waals surface area contributed by atoms with Crippen LogP contribution in [0, 0.1) is 13.8 Å². The minimum Gasteiger partial charge on any atom is -0.324 e. The summed E-state index contributed by atoms with van der Waals surface area (Å²) in [5.74, 6) is 0.329. The number of aryl methyl sites for hydroxylation is 3. The fourth-order valence-electron chi connectivity index (χ4n) is 2.40. The number of amides is 1. The molecule has 8 heteroatoms. The van der Waals surface area contributed by atoms with Crippen LogP contribution in [0.1, 0.15) is 40.1 Å². The van der Waals surface area contributed by atoms with Crippen molar-refractivity contribution in [2.45, 2.75) is 33.6 Å². The van der Waals surface area contributed by atoms with Crippen molar-refractivity contribution in [2.75, 3.05) is 10.6 Å². The number of benzene rings is 1. The molecule has 26 heavy (non-hydrogen) atoms. The van der Waals surface area contributed by atoms with Gasteiger partial charge in [0.25, 0.3) is 5.91 Å². The van der Waals surface area contributed by atoms with Crippen molar-refractivity contribution >= 4 is 34.0 Å². The quantitative estimate of drug-likeness (QED) is 0.686. The average molecular weight is 368 g/mol. The lowest BCUT2D eigenvalue weighted by molar-refractivity contribution is 0.102. The van der Waals surface area contributed by atoms with Crippen molar-refractivity contribution in [3.63, 3.8) is 0 Å². The van der Waals surface area contributed by atoms with Crippen LogP contribution >= 0.6 is 11.3 Å². The van der Waals surface area contributed by atoms with Gasteiger partial charge >= 0.3 is 0 Å². The van der Waals surface area contributed by atoms with Gasteiger partial charge in [0.2, 0.25) is 11.1 Å². The summed E-state index contributed by atoms with van der Waals surface area (Å²) >= 11 is 1.41. The lowest BCUT2D eigenvalue weighted by Gasteiger charge is -2.07. The van der Waals surface area contributed by atoms with E-state index in [0.717, 1.165) is 34.9 Å². The highest BCUT2D eigenvalue weighted by atomic mass is 32.1. The highest BCUT2D eigenvalue weighted by Crippen LogP contribution is 2.19. The Morgan fingerprint density at radius 3 is 2.42 bits per heavy atom. The van der Waals surface area contributed by atoms with Gasteiger partial charge in [-0.3, -0.25) is 10.1 Å². The molecule has 2 N–H and O–H groups in total. The number of aromatic nitrogens is 4. The Bertz CT molecular complexity index is 886. The zero-order valence-electron chi connectivity index (χ0n) is 14.9. The van der Waals surface area contributed by atoms with E-state index in [1.165, 1.54) is 11.3 Å². The van der Waals surface area contributed by atoms with Crippen LogP contribution in [0.3, 0.4) is 0 Å². The van der Waals surface area contributed by atoms with Crippen LogP contribution in [-0.4, -0.2) is 26.1 Å². The molecular weight excluding hydrogens is 348 g/mol. The topological polar surface area (TPSA) is 92.7 Å². The highest BCUT2D eigenvalue weighted by molar-refractivity contribution is 7.15. The number of carbonyl (C=O) groups is 1. The third kappa shape index (κ3) is 4.60. The minimum absolute atomic E-state index is 0.210. The van der Waals surface area contributed by atoms with Crippen molar-refractivity contribution in [1.29, 1.82) is 0 Å². The standard InChI is InChI=1S/C18H20N6OS/c1-4-5-15-23-24-18(26-15)22-16(25)13-6-8-14(9-7-13)21-17-19-11(2)10-12(3)20-17/h6-10H,4-5H2,1-3H3,(H,19,20,21)(H,22,24,25). The first-order valence-corrected chi connectivity index (χ1v) is 9.18. The van der Waals surface area contributed by atoms with Gasteiger partial charge < -0.3 is 5.32 Å². The summed E-state index contributed by atoms with van der Waals surface area (Å²) in [5, 5.41) is 15.4. The summed E-state index contributed by atoms with van der Waals surface area (Å²) in [4.78, 5) is 21.0. The van der Waals surface area contributed by atoms with Crippen LogP contribution in [-0.2, 0) is 6.42 Å². The predicted octanol–water partition coefficient (Wildman–Crippen LogP) is 3.89. The van der Waals surface area contributed by atoms with Crippen LogP contribution < -0.4 is 10.6 Å². The Morgan fingerprint density at radius 1 is 1.08 bits per heavy atom. The van der Waals surface area contributed by atoms with Gasteiger partial charge in [0.15, 0.2) is 0 Å². The molecule has 1 aromatic carbocycles. The third-order valence-electron chi connectivity index (χ3n) is 3.54. The summed E-state index contributed by atoms with van der Waals surface area (Å²) in [7, 11) is 0. The first kappa shape index (κ1) is 17.9. The lowest BCUT2D eigenvalue weighted by atomic mass is 10.2. The van der Waals surface area contributed by atoms with Crippen LogP contribution in [0.25, 0.3) is 0 Å². The molecule has 0 aliphatic carbocycles. The molecule has 1 amide bonds. The zero-order valence-corrected chi connectivity index (χ0v) is 15.7. The summed E-state index contributed by atoms with van der Waals surface area (Å²) < 4.78 is 0. The smallest absolute Gasteiger partial charge is 0.257 e. The maximum absolute atomic E-state index is 12.3. The summed E-state index contributed by atoms with van der Waals surface area (Å²) in [6.07, 6.45) is 1.87. The Hall–Kier alpha value is -2.87. The average Bonchev–Trinajstić information content (AvgIpc) is 3.02. The van der Waals surface area contributed by atoms with Crippen molar-refractivity contribution < 1.29 is 4.79 Å². The fourth-order valence-corrected chi connectivity index (χ4v) is 3.24. The number of nitrogens with zero attached hydrogens (tertiary/aromatic N) is 4. The van der Waals surface area contributed by atoms with E-state index in [0.29, 0.717) is 16.6 Å². The molecule has 3 rings (SSSR count). The molecule has 0 fully saturated rings. The molecule has 0 bridgehead atoms. The second-order valence-corrected chi connectivity index (χ2v) is 6.94. The number of hydrogen-bond acceptors (Lipinski definition) is 7. The Kier molecular flexibility index (Phi) is 5.52. The molecule has 0 unspecified atom stereocenters. The molecule has 7 nitrogen and oxygen atoms in total. The largest absolute Gasteiger partial charge is 0.324 e. The van der Waals surface area contributed by atoms with E-state index in [9.17, 15) is 4.79 Å². The lowest BCUT2D eigenvalue weighted by Crippen LogP contribution is -2.11. The van der Waals surface area contributed by atoms with Gasteiger partial charge in [-0.25, -0.2) is 9.97 Å². The molecule has 0 atom stereocenters. The monoisotopic (exact) mass is 368 g/mol. The molecule has 0 spiro atoms. The van der Waals surface area contributed by atoms with Crippen LogP contribution in [0.2, 0.25) is 0 Å². The molecule has 2 heterocycles. The number of rotatable bonds is 6. The fraction of sp³-hybridized carbons (Fsp3) is 0.278. The second kappa shape index (κ2) is 8.01. The van der Waals surface area contributed by atoms with Gasteiger partial charge in [0.05, 0.1) is 0 Å². The van der Waals surface area contributed by atoms with E-state index in [1.807, 2.05) is 32.0 Å². The van der Waals surface area contributed by atoms with Gasteiger partial charge in [-0.15, -0.1) is 10.2 Å². The van der Waals surface area contributed by atoms with E-state index in [1.54, 1.807) is 12.1 Å². The van der Waals surface area contributed by atoms with Crippen molar-refractivity contribution in [3.05, 3.63) is 52.3 Å². The number of carbonyl (C=O) groups excluding carboxylic acids is 1. The molecule has 0 aliphatic rings. The molecule has 2 aromatic heterocycles. The maximum atomic E-state index is 12.3. The first-order valence-electron chi connectivity index (χ1n) is 8.36. The summed E-state index contributed by atoms with van der Waals surface area (Å²) in [6, 6.07) is 9.04. The highest BCUT2D eigenvalue weighted by Gasteiger charge is 2.10. The Labute approximate surface area is 155 Å². The molecule has 0 saturated heterocycles. The number of nitrogens with one attached hydrogen (secondary N) is 2. The van der Waals surface area contributed by atoms with Gasteiger partial charge in [-0.2, -0.15) is 0 Å². The van der Waals surface area contributed by atoms with E-state index in [-0.39, 0.29) is 5.91 Å². The van der Waals surface area contributed by atoms with Gasteiger partial charge in [0, 0.05) is 29.1 Å². The molecule has 0 radical (unpaired) electrons. The van der Waals surface area contributed by atoms with Crippen molar-refractivity contribution in [1.82, 2.24) is 20.2 Å². The van der Waals surface area contributed by atoms with E-state index < -0.39 is 0 Å². The van der Waals surface area contributed by atoms with Crippen LogP contribution in [0.5, 0.6) is 0 Å². The molecular formula is C18H20N6OS. The van der Waals surface area contributed by atoms with E-state index >= 15 is 0 Å². The number of anilines is 3. The molecule has 3 aromatic rings. The normalized spacial score (nSPS) is 10.6. The molecule has 134 valence electrons. The molecule has 0 saturated carbocycles. The second-order valence-electron chi connectivity index (χ2n) is 5.88. The van der Waals surface area contributed by atoms with Crippen molar-refractivity contribution in [2.24, 2.45) is 0 Å². The van der Waals surface area contributed by atoms with Gasteiger partial charge in [-0.1, -0.05) is 18.3 Å². The predicted molar refractivity (Wildman–Crippen MR) is 103 cm³/mol. The number of hydrogen-bond donors (Lipinski definition) is 2. The van der Waals surface area contributed by atoms with Gasteiger partial charge in [-0.05, 0) is 50.6 Å². The van der Waals surface area contributed by atoms with Crippen molar-refractivity contribution in [3.8, 4) is 0 Å². The van der Waals surface area contributed by atoms with Crippen LogP contribution in [0.4, 0.5) is 16.8 Å². The Balaban J connectivity index is 1.65. The third-order valence-corrected chi connectivity index (χ3v) is 4.44. The SMILES string of the molecule is CCCc1nnc(NC(=O)c2ccc(Nc3nc(C)cc(C)n3)cc2)s1. The van der Waals surface area contributed by atoms with Crippen LogP contribution in [0.15, 0.2) is 30.3 Å². The van der Waals surface area contributed by atoms with Gasteiger partial charge in [0.1, 0.15) is 5.01 Å². The Morgan fingerprint density at radius 2 is 1.77 bits per heavy atom. The first-order chi connectivity index (χ1) is 12.5. The molecule has 0 aliphatic heterocycles. The zero-order chi connectivity index (χ0) is 18.5. The van der Waals surface area contributed by atoms with E-state index in [4.69, 9.17) is 0 Å². The summed E-state index contributed by atoms with van der Waals surface area (Å²) in [5.41, 5.74) is 3.16. The maximum Gasteiger partial charge on any atom is 0.257 e. The summed E-state index contributed by atoms with van der Waals surface area (Å²) in [6.45, 7) is 5.93. The van der Waals surface area contributed by atoms with E-state index in [2.05, 4.69) is 37.7 Å².